The van der Waals surface area contributed by atoms with Gasteiger partial charge in [-0.05, 0) is 55.3 Å². The number of carbonyl (C=O) groups is 2. The minimum absolute atomic E-state index is 0.0313. The average Bonchev–Trinajstić information content (AvgIpc) is 3.15. The fraction of sp³-hybridized carbons (Fsp3) is 0.214. The van der Waals surface area contributed by atoms with Crippen molar-refractivity contribution < 1.29 is 28.9 Å². The molecule has 0 saturated carbocycles. The highest BCUT2D eigenvalue weighted by atomic mass is 16.6. The summed E-state index contributed by atoms with van der Waals surface area (Å²) in [4.78, 5) is 28.2. The molecule has 178 valence electrons. The van der Waals surface area contributed by atoms with E-state index in [0.29, 0.717) is 47.3 Å². The quantitative estimate of drug-likeness (QED) is 0.337. The number of methoxy groups -OCH3 is 1. The van der Waals surface area contributed by atoms with Crippen molar-refractivity contribution in [2.24, 2.45) is 0 Å². The molecule has 5 rings (SSSR count). The van der Waals surface area contributed by atoms with Gasteiger partial charge in [-0.3, -0.25) is 14.5 Å². The number of ether oxygens (including phenoxy) is 3. The summed E-state index contributed by atoms with van der Waals surface area (Å²) in [6.45, 7) is 4.60. The van der Waals surface area contributed by atoms with E-state index in [0.717, 1.165) is 11.1 Å². The third kappa shape index (κ3) is 3.89. The molecule has 1 atom stereocenters. The molecule has 7 nitrogen and oxygen atoms in total. The molecule has 7 heteroatoms. The molecule has 0 aromatic heterocycles. The van der Waals surface area contributed by atoms with Crippen molar-refractivity contribution in [3.63, 3.8) is 0 Å². The molecule has 1 unspecified atom stereocenters. The number of nitrogens with zero attached hydrogens (tertiary/aromatic N) is 1. The molecule has 1 amide bonds. The van der Waals surface area contributed by atoms with E-state index in [4.69, 9.17) is 14.2 Å². The number of hydrogen-bond acceptors (Lipinski definition) is 6. The van der Waals surface area contributed by atoms with Crippen LogP contribution in [0.5, 0.6) is 17.2 Å². The Hall–Kier alpha value is -4.26. The van der Waals surface area contributed by atoms with Crippen LogP contribution in [0.4, 0.5) is 5.69 Å². The zero-order valence-corrected chi connectivity index (χ0v) is 19.7. The maximum Gasteiger partial charge on any atom is 0.300 e. The van der Waals surface area contributed by atoms with Gasteiger partial charge in [0.15, 0.2) is 11.5 Å². The molecule has 1 N–H and O–H groups in total. The lowest BCUT2D eigenvalue weighted by Gasteiger charge is -2.27. The Balaban J connectivity index is 1.71. The summed E-state index contributed by atoms with van der Waals surface area (Å²) >= 11 is 0. The number of anilines is 1. The third-order valence-corrected chi connectivity index (χ3v) is 6.33. The molecule has 0 aliphatic carbocycles. The summed E-state index contributed by atoms with van der Waals surface area (Å²) < 4.78 is 16.6. The van der Waals surface area contributed by atoms with Crippen LogP contribution in [0, 0.1) is 13.8 Å². The predicted molar refractivity (Wildman–Crippen MR) is 131 cm³/mol. The SMILES string of the molecule is COc1ccc(C2/C(=C(\O)c3cc(C)ccc3C)C(=O)C(=O)N2c2ccc3c(c2)OCCO3)cc1. The maximum absolute atomic E-state index is 13.4. The number of ketones is 1. The van der Waals surface area contributed by atoms with Gasteiger partial charge in [0.05, 0.1) is 18.7 Å². The van der Waals surface area contributed by atoms with E-state index in [2.05, 4.69) is 0 Å². The highest BCUT2D eigenvalue weighted by molar-refractivity contribution is 6.51. The first-order chi connectivity index (χ1) is 16.9. The maximum atomic E-state index is 13.4. The van der Waals surface area contributed by atoms with Crippen LogP contribution < -0.4 is 19.1 Å². The van der Waals surface area contributed by atoms with E-state index in [-0.39, 0.29) is 11.3 Å². The molecule has 0 spiro atoms. The molecule has 3 aromatic rings. The number of Topliss-reactive ketones (excluding diaryl/α,β-unsaturated/α-hetero) is 1. The van der Waals surface area contributed by atoms with Crippen molar-refractivity contribution in [3.8, 4) is 17.2 Å². The highest BCUT2D eigenvalue weighted by Crippen LogP contribution is 2.45. The number of fused-ring (bicyclic) bond motifs is 1. The zero-order valence-electron chi connectivity index (χ0n) is 19.7. The molecule has 1 saturated heterocycles. The van der Waals surface area contributed by atoms with E-state index in [1.807, 2.05) is 32.0 Å². The Bertz CT molecular complexity index is 1360. The summed E-state index contributed by atoms with van der Waals surface area (Å²) in [5.41, 5.74) is 3.41. The monoisotopic (exact) mass is 471 g/mol. The number of aliphatic hydroxyl groups is 1. The van der Waals surface area contributed by atoms with Crippen molar-refractivity contribution in [1.82, 2.24) is 0 Å². The van der Waals surface area contributed by atoms with Gasteiger partial charge in [-0.1, -0.05) is 29.8 Å². The van der Waals surface area contributed by atoms with E-state index in [9.17, 15) is 14.7 Å². The summed E-state index contributed by atoms with van der Waals surface area (Å²) in [5.74, 6) is 0.0325. The number of aryl methyl sites for hydroxylation is 2. The lowest BCUT2D eigenvalue weighted by Crippen LogP contribution is -2.29. The van der Waals surface area contributed by atoms with Gasteiger partial charge in [0, 0.05) is 17.3 Å². The number of rotatable bonds is 4. The second-order valence-electron chi connectivity index (χ2n) is 8.59. The molecule has 0 radical (unpaired) electrons. The topological polar surface area (TPSA) is 85.3 Å². The fourth-order valence-corrected chi connectivity index (χ4v) is 4.52. The van der Waals surface area contributed by atoms with Crippen LogP contribution in [0.15, 0.2) is 66.2 Å². The van der Waals surface area contributed by atoms with Gasteiger partial charge < -0.3 is 19.3 Å². The Morgan fingerprint density at radius 3 is 2.37 bits per heavy atom. The smallest absolute Gasteiger partial charge is 0.300 e. The largest absolute Gasteiger partial charge is 0.507 e. The van der Waals surface area contributed by atoms with Crippen LogP contribution >= 0.6 is 0 Å². The Morgan fingerprint density at radius 2 is 1.66 bits per heavy atom. The number of amides is 1. The standard InChI is InChI=1S/C28H25NO6/c1-16-4-5-17(2)21(14-16)26(30)24-25(18-6-9-20(33-3)10-7-18)29(28(32)27(24)31)19-8-11-22-23(15-19)35-13-12-34-22/h4-11,14-15,25,30H,12-13H2,1-3H3/b26-24+. The minimum Gasteiger partial charge on any atom is -0.507 e. The van der Waals surface area contributed by atoms with Gasteiger partial charge in [0.2, 0.25) is 0 Å². The molecule has 1 fully saturated rings. The molecule has 2 aliphatic rings. The van der Waals surface area contributed by atoms with Crippen LogP contribution in [0.25, 0.3) is 5.76 Å². The van der Waals surface area contributed by atoms with Gasteiger partial charge >= 0.3 is 0 Å². The minimum atomic E-state index is -0.844. The van der Waals surface area contributed by atoms with Crippen molar-refractivity contribution in [2.75, 3.05) is 25.2 Å². The molecular weight excluding hydrogens is 446 g/mol. The van der Waals surface area contributed by atoms with Gasteiger partial charge in [-0.15, -0.1) is 0 Å². The first-order valence-electron chi connectivity index (χ1n) is 11.3. The zero-order chi connectivity index (χ0) is 24.7. The second kappa shape index (κ2) is 8.83. The van der Waals surface area contributed by atoms with E-state index < -0.39 is 17.7 Å². The van der Waals surface area contributed by atoms with E-state index in [1.165, 1.54) is 4.90 Å². The molecule has 35 heavy (non-hydrogen) atoms. The molecule has 0 bridgehead atoms. The Labute approximate surface area is 203 Å². The summed E-state index contributed by atoms with van der Waals surface area (Å²) in [6.07, 6.45) is 0. The second-order valence-corrected chi connectivity index (χ2v) is 8.59. The van der Waals surface area contributed by atoms with Crippen LogP contribution in [-0.4, -0.2) is 37.1 Å². The molecule has 3 aromatic carbocycles. The summed E-state index contributed by atoms with van der Waals surface area (Å²) in [5, 5.41) is 11.4. The first-order valence-corrected chi connectivity index (χ1v) is 11.3. The normalized spacial score (nSPS) is 18.6. The van der Waals surface area contributed by atoms with Crippen LogP contribution in [0.1, 0.15) is 28.3 Å². The number of carbonyl (C=O) groups excluding carboxylic acids is 2. The van der Waals surface area contributed by atoms with Gasteiger partial charge in [0.1, 0.15) is 24.7 Å². The van der Waals surface area contributed by atoms with Crippen molar-refractivity contribution in [1.29, 1.82) is 0 Å². The van der Waals surface area contributed by atoms with E-state index in [1.54, 1.807) is 49.6 Å². The molecule has 2 aliphatic heterocycles. The third-order valence-electron chi connectivity index (χ3n) is 6.33. The van der Waals surface area contributed by atoms with Crippen LogP contribution in [0.3, 0.4) is 0 Å². The predicted octanol–water partition coefficient (Wildman–Crippen LogP) is 4.71. The van der Waals surface area contributed by atoms with Gasteiger partial charge in [-0.2, -0.15) is 0 Å². The average molecular weight is 472 g/mol. The Kier molecular flexibility index (Phi) is 5.68. The van der Waals surface area contributed by atoms with Gasteiger partial charge in [-0.25, -0.2) is 0 Å². The van der Waals surface area contributed by atoms with E-state index >= 15 is 0 Å². The fourth-order valence-electron chi connectivity index (χ4n) is 4.52. The molecular formula is C28H25NO6. The lowest BCUT2D eigenvalue weighted by molar-refractivity contribution is -0.132. The number of benzene rings is 3. The Morgan fingerprint density at radius 1 is 0.943 bits per heavy atom. The van der Waals surface area contributed by atoms with Crippen molar-refractivity contribution in [2.45, 2.75) is 19.9 Å². The first kappa shape index (κ1) is 22.5. The number of aliphatic hydroxyl groups excluding tert-OH is 1. The lowest BCUT2D eigenvalue weighted by atomic mass is 9.93. The van der Waals surface area contributed by atoms with Crippen molar-refractivity contribution in [3.05, 3.63) is 88.5 Å². The van der Waals surface area contributed by atoms with Crippen molar-refractivity contribution >= 4 is 23.1 Å². The number of hydrogen-bond donors (Lipinski definition) is 1. The van der Waals surface area contributed by atoms with Crippen LogP contribution in [0.2, 0.25) is 0 Å². The van der Waals surface area contributed by atoms with Crippen LogP contribution in [-0.2, 0) is 9.59 Å². The van der Waals surface area contributed by atoms with Gasteiger partial charge in [0.25, 0.3) is 11.7 Å². The summed E-state index contributed by atoms with van der Waals surface area (Å²) in [6, 6.07) is 17.0. The molecule has 2 heterocycles. The highest BCUT2D eigenvalue weighted by Gasteiger charge is 2.47. The summed E-state index contributed by atoms with van der Waals surface area (Å²) in [7, 11) is 1.57.